The van der Waals surface area contributed by atoms with Crippen LogP contribution in [-0.4, -0.2) is 51.9 Å². The van der Waals surface area contributed by atoms with Gasteiger partial charge < -0.3 is 29.0 Å². The lowest BCUT2D eigenvalue weighted by Gasteiger charge is -2.58. The number of aromatic nitrogens is 1. The van der Waals surface area contributed by atoms with Gasteiger partial charge in [-0.05, 0) is 62.7 Å². The Labute approximate surface area is 230 Å². The van der Waals surface area contributed by atoms with Crippen LogP contribution in [0.15, 0.2) is 93.1 Å². The number of ether oxygens (including phenoxy) is 2. The van der Waals surface area contributed by atoms with Gasteiger partial charge in [-0.2, -0.15) is 0 Å². The molecule has 0 saturated carbocycles. The number of hydrogen-bond acceptors (Lipinski definition) is 8. The summed E-state index contributed by atoms with van der Waals surface area (Å²) >= 11 is 0. The normalized spacial score (nSPS) is 34.1. The second kappa shape index (κ2) is 8.39. The van der Waals surface area contributed by atoms with Gasteiger partial charge in [0.15, 0.2) is 22.5 Å². The fourth-order valence-corrected chi connectivity index (χ4v) is 8.11. The number of rotatable bonds is 4. The third kappa shape index (κ3) is 3.01. The van der Waals surface area contributed by atoms with Gasteiger partial charge in [0, 0.05) is 41.4 Å². The summed E-state index contributed by atoms with van der Waals surface area (Å²) in [5.41, 5.74) is 1.12. The highest BCUT2D eigenvalue weighted by Gasteiger charge is 2.72. The summed E-state index contributed by atoms with van der Waals surface area (Å²) in [6.45, 7) is 1.11. The Morgan fingerprint density at radius 1 is 1.23 bits per heavy atom. The quantitative estimate of drug-likeness (QED) is 0.478. The molecule has 204 valence electrons. The van der Waals surface area contributed by atoms with E-state index in [1.54, 1.807) is 36.7 Å². The fourth-order valence-electron chi connectivity index (χ4n) is 8.11. The van der Waals surface area contributed by atoms with E-state index in [0.29, 0.717) is 23.1 Å². The summed E-state index contributed by atoms with van der Waals surface area (Å²) in [5.74, 6) is 0.767. The smallest absolute Gasteiger partial charge is 0.204 e. The molecule has 8 rings (SSSR count). The monoisotopic (exact) mass is 538 g/mol. The molecule has 1 aromatic carbocycles. The number of allylic oxidation sites excluding steroid dienone is 1. The van der Waals surface area contributed by atoms with Crippen molar-refractivity contribution in [2.24, 2.45) is 11.3 Å². The van der Waals surface area contributed by atoms with Gasteiger partial charge in [0.25, 0.3) is 0 Å². The summed E-state index contributed by atoms with van der Waals surface area (Å²) in [4.78, 5) is 20.1. The molecular weight excluding hydrogens is 508 g/mol. The molecule has 0 amide bonds. The molecule has 6 atom stereocenters. The van der Waals surface area contributed by atoms with E-state index in [1.165, 1.54) is 11.6 Å². The maximum Gasteiger partial charge on any atom is 0.204 e. The van der Waals surface area contributed by atoms with Crippen LogP contribution in [0.1, 0.15) is 30.6 Å². The Hall–Kier alpha value is -3.72. The molecule has 8 nitrogen and oxygen atoms in total. The van der Waals surface area contributed by atoms with Gasteiger partial charge in [-0.25, -0.2) is 0 Å². The number of hydrogen-bond donors (Lipinski definition) is 2. The van der Waals surface area contributed by atoms with Crippen LogP contribution >= 0.6 is 0 Å². The topological polar surface area (TPSA) is 105 Å². The van der Waals surface area contributed by atoms with Gasteiger partial charge in [-0.15, -0.1) is 0 Å². The predicted octanol–water partition coefficient (Wildman–Crippen LogP) is 4.14. The largest absolute Gasteiger partial charge is 0.509 e. The molecular formula is C32H30N2O6. The van der Waals surface area contributed by atoms with Crippen LogP contribution < -0.4 is 10.2 Å². The van der Waals surface area contributed by atoms with Gasteiger partial charge in [-0.1, -0.05) is 29.9 Å². The summed E-state index contributed by atoms with van der Waals surface area (Å²) in [6.07, 6.45) is 9.98. The van der Waals surface area contributed by atoms with Crippen molar-refractivity contribution in [2.45, 2.75) is 49.7 Å². The Bertz CT molecular complexity index is 1690. The lowest BCUT2D eigenvalue weighted by atomic mass is 9.50. The van der Waals surface area contributed by atoms with Gasteiger partial charge >= 0.3 is 0 Å². The Kier molecular flexibility index (Phi) is 5.06. The zero-order chi connectivity index (χ0) is 27.2. The standard InChI is InChI=1S/C32H30N2O6/c1-34-13-11-31-21-8-9-23(35)30(31)40-32(26(37)10-7-19(29(31)32)14-22(21)34)27-15-24(36)20-5-2-6-25(28(20)39-27)38-17-18-4-3-12-33-16-18/h2-6,8-10,12,15-16,21-23,30,35,37H,7,11,13-14,17H2,1H3/t21-,22+,23-,30-,31-,32?/m0/s1. The first-order chi connectivity index (χ1) is 19.4. The van der Waals surface area contributed by atoms with Crippen molar-refractivity contribution in [3.63, 3.8) is 0 Å². The number of aliphatic hydroxyl groups is 2. The highest BCUT2D eigenvalue weighted by atomic mass is 16.6. The Morgan fingerprint density at radius 3 is 2.98 bits per heavy atom. The molecule has 4 heterocycles. The SMILES string of the molecule is CN1CC[C@]23C4=C5CC=C(O)C4(c4cc(=O)c6cccc(OCc7cccnc7)c6o4)O[C@H]2[C@@H](O)C=C[C@H]3[C@H]1C5. The molecule has 3 aliphatic carbocycles. The van der Waals surface area contributed by atoms with E-state index in [9.17, 15) is 15.0 Å². The van der Waals surface area contributed by atoms with Crippen LogP contribution in [-0.2, 0) is 16.9 Å². The summed E-state index contributed by atoms with van der Waals surface area (Å²) < 4.78 is 19.5. The minimum absolute atomic E-state index is 0.00890. The van der Waals surface area contributed by atoms with Gasteiger partial charge in [0.1, 0.15) is 12.4 Å². The fraction of sp³-hybridized carbons (Fsp3) is 0.375. The molecule has 40 heavy (non-hydrogen) atoms. The molecule has 2 saturated heterocycles. The average Bonchev–Trinajstić information content (AvgIpc) is 3.30. The van der Waals surface area contributed by atoms with Crippen LogP contribution in [0.3, 0.4) is 0 Å². The molecule has 1 spiro atoms. The lowest BCUT2D eigenvalue weighted by molar-refractivity contribution is -0.125. The van der Waals surface area contributed by atoms with E-state index in [-0.39, 0.29) is 35.5 Å². The highest BCUT2D eigenvalue weighted by Crippen LogP contribution is 2.70. The molecule has 2 fully saturated rings. The first-order valence-corrected chi connectivity index (χ1v) is 13.9. The lowest BCUT2D eigenvalue weighted by Crippen LogP contribution is -2.61. The number of para-hydroxylation sites is 1. The zero-order valence-electron chi connectivity index (χ0n) is 22.1. The van der Waals surface area contributed by atoms with Crippen LogP contribution in [0, 0.1) is 11.3 Å². The highest BCUT2D eigenvalue weighted by molar-refractivity contribution is 5.82. The molecule has 5 aliphatic rings. The maximum absolute atomic E-state index is 13.6. The third-order valence-corrected chi connectivity index (χ3v) is 9.80. The molecule has 2 bridgehead atoms. The van der Waals surface area contributed by atoms with E-state index < -0.39 is 23.2 Å². The number of piperidine rings is 1. The molecule has 2 N–H and O–H groups in total. The summed E-state index contributed by atoms with van der Waals surface area (Å²) in [5, 5.41) is 23.3. The van der Waals surface area contributed by atoms with Crippen LogP contribution in [0.5, 0.6) is 5.75 Å². The molecule has 2 aromatic heterocycles. The molecule has 1 unspecified atom stereocenters. The van der Waals surface area contributed by atoms with Gasteiger partial charge in [0.05, 0.1) is 17.6 Å². The van der Waals surface area contributed by atoms with E-state index in [2.05, 4.69) is 23.0 Å². The molecule has 0 radical (unpaired) electrons. The maximum atomic E-state index is 13.6. The van der Waals surface area contributed by atoms with Crippen molar-refractivity contribution < 1.29 is 24.1 Å². The number of nitrogens with zero attached hydrogens (tertiary/aromatic N) is 2. The molecule has 2 aliphatic heterocycles. The zero-order valence-corrected chi connectivity index (χ0v) is 22.1. The first kappa shape index (κ1) is 24.1. The minimum Gasteiger partial charge on any atom is -0.509 e. The second-order valence-electron chi connectivity index (χ2n) is 11.7. The van der Waals surface area contributed by atoms with Gasteiger partial charge in [-0.3, -0.25) is 9.78 Å². The molecule has 8 heteroatoms. The first-order valence-electron chi connectivity index (χ1n) is 13.9. The van der Waals surface area contributed by atoms with Crippen molar-refractivity contribution in [3.05, 3.63) is 105 Å². The van der Waals surface area contributed by atoms with Crippen LogP contribution in [0.25, 0.3) is 11.0 Å². The third-order valence-electron chi connectivity index (χ3n) is 9.80. The van der Waals surface area contributed by atoms with E-state index >= 15 is 0 Å². The number of benzene rings is 1. The van der Waals surface area contributed by atoms with E-state index in [0.717, 1.165) is 30.5 Å². The van der Waals surface area contributed by atoms with Crippen molar-refractivity contribution in [1.82, 2.24) is 9.88 Å². The van der Waals surface area contributed by atoms with E-state index in [1.807, 2.05) is 18.2 Å². The van der Waals surface area contributed by atoms with E-state index in [4.69, 9.17) is 13.9 Å². The number of aliphatic hydroxyl groups excluding tert-OH is 2. The predicted molar refractivity (Wildman–Crippen MR) is 147 cm³/mol. The number of likely N-dealkylation sites (tertiary alicyclic amines) is 1. The molecule has 3 aromatic rings. The minimum atomic E-state index is -1.48. The van der Waals surface area contributed by atoms with Crippen molar-refractivity contribution in [1.29, 1.82) is 0 Å². The Morgan fingerprint density at radius 2 is 2.12 bits per heavy atom. The van der Waals surface area contributed by atoms with Crippen molar-refractivity contribution >= 4 is 11.0 Å². The van der Waals surface area contributed by atoms with Crippen LogP contribution in [0.4, 0.5) is 0 Å². The number of fused-ring (bicyclic) bond motifs is 1. The van der Waals surface area contributed by atoms with Crippen LogP contribution in [0.2, 0.25) is 0 Å². The second-order valence-corrected chi connectivity index (χ2v) is 11.7. The summed E-state index contributed by atoms with van der Waals surface area (Å²) in [6, 6.07) is 10.7. The average molecular weight is 539 g/mol. The van der Waals surface area contributed by atoms with Crippen molar-refractivity contribution in [2.75, 3.05) is 13.6 Å². The number of pyridine rings is 1. The summed E-state index contributed by atoms with van der Waals surface area (Å²) in [7, 11) is 2.16. The Balaban J connectivity index is 1.33. The van der Waals surface area contributed by atoms with Crippen molar-refractivity contribution in [3.8, 4) is 5.75 Å². The van der Waals surface area contributed by atoms with Gasteiger partial charge in [0.2, 0.25) is 5.60 Å².